The highest BCUT2D eigenvalue weighted by atomic mass is 35.5. The highest BCUT2D eigenvalue weighted by Gasteiger charge is 2.20. The highest BCUT2D eigenvalue weighted by molar-refractivity contribution is 5.85. The van der Waals surface area contributed by atoms with Crippen molar-refractivity contribution in [2.24, 2.45) is 0 Å². The molecule has 0 aliphatic carbocycles. The summed E-state index contributed by atoms with van der Waals surface area (Å²) >= 11 is 0. The van der Waals surface area contributed by atoms with Gasteiger partial charge in [0, 0.05) is 64.6 Å². The first kappa shape index (κ1) is 29.6. The fourth-order valence-electron chi connectivity index (χ4n) is 3.82. The van der Waals surface area contributed by atoms with E-state index in [0.717, 1.165) is 18.5 Å². The number of hydrogen-bond donors (Lipinski definition) is 4. The van der Waals surface area contributed by atoms with Crippen LogP contribution in [0.2, 0.25) is 0 Å². The molecule has 0 aromatic heterocycles. The van der Waals surface area contributed by atoms with Crippen molar-refractivity contribution >= 4 is 36.0 Å². The Morgan fingerprint density at radius 1 is 0.647 bits per heavy atom. The van der Waals surface area contributed by atoms with E-state index in [1.54, 1.807) is 4.90 Å². The van der Waals surface area contributed by atoms with Gasteiger partial charge in [0.1, 0.15) is 0 Å². The van der Waals surface area contributed by atoms with E-state index in [4.69, 9.17) is 5.73 Å². The number of carboxylic acid groups (broad SMARTS) is 3. The molecule has 0 unspecified atom stereocenters. The van der Waals surface area contributed by atoms with Gasteiger partial charge in [0.2, 0.25) is 0 Å². The Kier molecular flexibility index (Phi) is 13.5. The number of anilines is 1. The standard InChI is InChI=1S/C22H35N5O6.ClH/c23-19-3-1-18(2-4-19)5-6-24-7-9-25(15-20(28)29)11-13-27(17-22(32)33)14-12-26(10-8-24)16-21(30)31;/h1-4H,5-17,23H2,(H,28,29)(H,30,31)(H,32,33);1H. The number of nitrogens with two attached hydrogens (primary N) is 1. The van der Waals surface area contributed by atoms with Gasteiger partial charge in [-0.15, -0.1) is 12.4 Å². The van der Waals surface area contributed by atoms with E-state index in [-0.39, 0.29) is 32.0 Å². The number of aliphatic carboxylic acids is 3. The molecule has 0 saturated carbocycles. The third-order valence-electron chi connectivity index (χ3n) is 5.70. The van der Waals surface area contributed by atoms with E-state index in [2.05, 4.69) is 4.90 Å². The maximum absolute atomic E-state index is 11.3. The van der Waals surface area contributed by atoms with Crippen molar-refractivity contribution in [1.82, 2.24) is 19.6 Å². The normalized spacial score (nSPS) is 17.8. The first-order valence-corrected chi connectivity index (χ1v) is 11.1. The van der Waals surface area contributed by atoms with Crippen molar-refractivity contribution in [2.75, 3.05) is 84.3 Å². The Bertz CT molecular complexity index is 750. The minimum absolute atomic E-state index is 0. The molecule has 0 spiro atoms. The summed E-state index contributed by atoms with van der Waals surface area (Å²) in [6.07, 6.45) is 0.796. The average Bonchev–Trinajstić information content (AvgIpc) is 2.73. The van der Waals surface area contributed by atoms with Crippen molar-refractivity contribution in [3.8, 4) is 0 Å². The lowest BCUT2D eigenvalue weighted by Gasteiger charge is -2.33. The zero-order valence-corrected chi connectivity index (χ0v) is 20.2. The molecule has 1 aliphatic rings. The van der Waals surface area contributed by atoms with Crippen LogP contribution in [-0.4, -0.2) is 131 Å². The predicted octanol–water partition coefficient (Wildman–Crippen LogP) is -0.291. The molecule has 5 N–H and O–H groups in total. The van der Waals surface area contributed by atoms with Gasteiger partial charge >= 0.3 is 17.9 Å². The second-order valence-electron chi connectivity index (χ2n) is 8.34. The summed E-state index contributed by atoms with van der Waals surface area (Å²) in [6, 6.07) is 7.68. The molecule has 0 radical (unpaired) electrons. The van der Waals surface area contributed by atoms with Crippen LogP contribution in [0.4, 0.5) is 5.69 Å². The zero-order valence-electron chi connectivity index (χ0n) is 19.3. The van der Waals surface area contributed by atoms with Crippen LogP contribution in [0.25, 0.3) is 0 Å². The molecule has 2 rings (SSSR count). The maximum atomic E-state index is 11.3. The summed E-state index contributed by atoms with van der Waals surface area (Å²) in [5, 5.41) is 27.8. The van der Waals surface area contributed by atoms with E-state index < -0.39 is 17.9 Å². The molecule has 1 fully saturated rings. The van der Waals surface area contributed by atoms with Crippen LogP contribution in [0.1, 0.15) is 5.56 Å². The van der Waals surface area contributed by atoms with Crippen LogP contribution in [0.3, 0.4) is 0 Å². The van der Waals surface area contributed by atoms with E-state index in [9.17, 15) is 29.7 Å². The molecule has 1 heterocycles. The Balaban J connectivity index is 0.00000578. The fraction of sp³-hybridized carbons (Fsp3) is 0.591. The topological polar surface area (TPSA) is 151 Å². The van der Waals surface area contributed by atoms with Crippen LogP contribution in [-0.2, 0) is 20.8 Å². The third-order valence-corrected chi connectivity index (χ3v) is 5.70. The maximum Gasteiger partial charge on any atom is 0.317 e. The minimum atomic E-state index is -0.967. The summed E-state index contributed by atoms with van der Waals surface area (Å²) in [5.41, 5.74) is 7.60. The smallest absolute Gasteiger partial charge is 0.317 e. The first-order valence-electron chi connectivity index (χ1n) is 11.1. The van der Waals surface area contributed by atoms with Gasteiger partial charge in [-0.05, 0) is 24.1 Å². The largest absolute Gasteiger partial charge is 0.480 e. The molecule has 0 atom stereocenters. The molecule has 192 valence electrons. The van der Waals surface area contributed by atoms with Crippen LogP contribution in [0.15, 0.2) is 24.3 Å². The van der Waals surface area contributed by atoms with E-state index in [1.165, 1.54) is 0 Å². The molecule has 0 bridgehead atoms. The van der Waals surface area contributed by atoms with Crippen LogP contribution < -0.4 is 5.73 Å². The van der Waals surface area contributed by atoms with E-state index >= 15 is 0 Å². The van der Waals surface area contributed by atoms with Crippen LogP contribution >= 0.6 is 12.4 Å². The summed E-state index contributed by atoms with van der Waals surface area (Å²) in [6.45, 7) is 4.28. The van der Waals surface area contributed by atoms with E-state index in [0.29, 0.717) is 58.0 Å². The van der Waals surface area contributed by atoms with Gasteiger partial charge in [0.15, 0.2) is 0 Å². The van der Waals surface area contributed by atoms with Gasteiger partial charge in [-0.3, -0.25) is 29.1 Å². The van der Waals surface area contributed by atoms with Gasteiger partial charge in [-0.1, -0.05) is 12.1 Å². The van der Waals surface area contributed by atoms with Crippen molar-refractivity contribution in [3.63, 3.8) is 0 Å². The summed E-state index contributed by atoms with van der Waals surface area (Å²) in [7, 11) is 0. The molecule has 1 aliphatic heterocycles. The van der Waals surface area contributed by atoms with Crippen LogP contribution in [0, 0.1) is 0 Å². The molecule has 12 heteroatoms. The Morgan fingerprint density at radius 2 is 0.971 bits per heavy atom. The van der Waals surface area contributed by atoms with Crippen molar-refractivity contribution in [2.45, 2.75) is 6.42 Å². The number of rotatable bonds is 9. The SMILES string of the molecule is Cl.Nc1ccc(CCN2CCN(CC(=O)O)CCN(CC(=O)O)CCN(CC(=O)O)CC2)cc1. The zero-order chi connectivity index (χ0) is 24.2. The van der Waals surface area contributed by atoms with Crippen molar-refractivity contribution in [1.29, 1.82) is 0 Å². The number of hydrogen-bond acceptors (Lipinski definition) is 8. The monoisotopic (exact) mass is 501 g/mol. The highest BCUT2D eigenvalue weighted by Crippen LogP contribution is 2.08. The molecule has 1 saturated heterocycles. The molecule has 1 aromatic carbocycles. The Hall–Kier alpha value is -2.44. The number of nitrogen functional groups attached to an aromatic ring is 1. The summed E-state index contributed by atoms with van der Waals surface area (Å²) in [4.78, 5) is 41.5. The molecular weight excluding hydrogens is 466 g/mol. The van der Waals surface area contributed by atoms with Gasteiger partial charge < -0.3 is 26.0 Å². The predicted molar refractivity (Wildman–Crippen MR) is 130 cm³/mol. The first-order chi connectivity index (χ1) is 15.7. The number of halogens is 1. The fourth-order valence-corrected chi connectivity index (χ4v) is 3.82. The minimum Gasteiger partial charge on any atom is -0.480 e. The summed E-state index contributed by atoms with van der Waals surface area (Å²) < 4.78 is 0. The van der Waals surface area contributed by atoms with Gasteiger partial charge in [0.05, 0.1) is 19.6 Å². The third kappa shape index (κ3) is 12.1. The Labute approximate surface area is 206 Å². The summed E-state index contributed by atoms with van der Waals surface area (Å²) in [5.74, 6) is -2.81. The Morgan fingerprint density at radius 3 is 1.29 bits per heavy atom. The number of carbonyl (C=O) groups is 3. The van der Waals surface area contributed by atoms with Gasteiger partial charge in [-0.25, -0.2) is 0 Å². The molecule has 1 aromatic rings. The molecule has 34 heavy (non-hydrogen) atoms. The lowest BCUT2D eigenvalue weighted by molar-refractivity contribution is -0.140. The lowest BCUT2D eigenvalue weighted by Crippen LogP contribution is -2.48. The lowest BCUT2D eigenvalue weighted by atomic mass is 10.1. The number of nitrogens with zero attached hydrogens (tertiary/aromatic N) is 4. The second-order valence-corrected chi connectivity index (χ2v) is 8.34. The second kappa shape index (κ2) is 15.5. The van der Waals surface area contributed by atoms with Gasteiger partial charge in [-0.2, -0.15) is 0 Å². The van der Waals surface area contributed by atoms with Crippen molar-refractivity contribution < 1.29 is 29.7 Å². The average molecular weight is 502 g/mol. The molecule has 0 amide bonds. The van der Waals surface area contributed by atoms with Crippen LogP contribution in [0.5, 0.6) is 0 Å². The molecule has 11 nitrogen and oxygen atoms in total. The van der Waals surface area contributed by atoms with Crippen molar-refractivity contribution in [3.05, 3.63) is 29.8 Å². The van der Waals surface area contributed by atoms with E-state index in [1.807, 2.05) is 34.1 Å². The van der Waals surface area contributed by atoms with Gasteiger partial charge in [0.25, 0.3) is 0 Å². The quantitative estimate of drug-likeness (QED) is 0.330. The number of carboxylic acids is 3. The number of benzene rings is 1. The molecular formula is C22H36ClN5O6.